The summed E-state index contributed by atoms with van der Waals surface area (Å²) in [7, 11) is 0. The van der Waals surface area contributed by atoms with E-state index in [0.29, 0.717) is 6.42 Å². The number of carbonyl (C=O) groups excluding carboxylic acids is 1. The molecular formula is C20H23NO3. The monoisotopic (exact) mass is 325 g/mol. The molecule has 0 aliphatic heterocycles. The fourth-order valence-electron chi connectivity index (χ4n) is 2.81. The van der Waals surface area contributed by atoms with E-state index < -0.39 is 17.9 Å². The number of rotatable bonds is 7. The van der Waals surface area contributed by atoms with Crippen molar-refractivity contribution in [2.24, 2.45) is 5.92 Å². The average molecular weight is 325 g/mol. The molecule has 0 bridgehead atoms. The Morgan fingerprint density at radius 3 is 1.92 bits per heavy atom. The van der Waals surface area contributed by atoms with Gasteiger partial charge in [-0.15, -0.1) is 0 Å². The second-order valence-electron chi connectivity index (χ2n) is 5.90. The van der Waals surface area contributed by atoms with E-state index in [0.717, 1.165) is 11.1 Å². The van der Waals surface area contributed by atoms with Crippen LogP contribution in [0.4, 0.5) is 0 Å². The van der Waals surface area contributed by atoms with Crippen molar-refractivity contribution in [3.8, 4) is 0 Å². The maximum Gasteiger partial charge on any atom is 0.308 e. The predicted molar refractivity (Wildman–Crippen MR) is 93.6 cm³/mol. The molecule has 2 rings (SSSR count). The lowest BCUT2D eigenvalue weighted by Crippen LogP contribution is -2.38. The number of hydrogen-bond donors (Lipinski definition) is 2. The zero-order chi connectivity index (χ0) is 17.5. The van der Waals surface area contributed by atoms with Gasteiger partial charge in [0, 0.05) is 0 Å². The highest BCUT2D eigenvalue weighted by Gasteiger charge is 2.29. The lowest BCUT2D eigenvalue weighted by Gasteiger charge is -2.25. The Balaban J connectivity index is 2.25. The topological polar surface area (TPSA) is 66.4 Å². The van der Waals surface area contributed by atoms with E-state index in [1.807, 2.05) is 67.6 Å². The van der Waals surface area contributed by atoms with Crippen LogP contribution < -0.4 is 5.32 Å². The molecule has 1 amide bonds. The molecule has 0 aliphatic rings. The van der Waals surface area contributed by atoms with Crippen molar-refractivity contribution in [1.29, 1.82) is 0 Å². The Bertz CT molecular complexity index is 670. The maximum absolute atomic E-state index is 12.8. The maximum atomic E-state index is 12.8. The summed E-state index contributed by atoms with van der Waals surface area (Å²) in [6.45, 7) is 3.57. The van der Waals surface area contributed by atoms with Gasteiger partial charge in [-0.3, -0.25) is 9.59 Å². The molecule has 4 heteroatoms. The third kappa shape index (κ3) is 4.22. The van der Waals surface area contributed by atoms with E-state index in [9.17, 15) is 14.7 Å². The minimum atomic E-state index is -0.933. The fraction of sp³-hybridized carbons (Fsp3) is 0.300. The lowest BCUT2D eigenvalue weighted by molar-refractivity contribution is -0.142. The van der Waals surface area contributed by atoms with Crippen LogP contribution >= 0.6 is 0 Å². The van der Waals surface area contributed by atoms with Crippen molar-refractivity contribution in [1.82, 2.24) is 5.32 Å². The molecule has 2 aromatic rings. The van der Waals surface area contributed by atoms with E-state index in [1.165, 1.54) is 0 Å². The lowest BCUT2D eigenvalue weighted by atomic mass is 9.91. The molecule has 2 N–H and O–H groups in total. The van der Waals surface area contributed by atoms with Crippen molar-refractivity contribution >= 4 is 11.9 Å². The molecular weight excluding hydrogens is 302 g/mol. The Morgan fingerprint density at radius 2 is 1.46 bits per heavy atom. The highest BCUT2D eigenvalue weighted by molar-refractivity contribution is 5.84. The van der Waals surface area contributed by atoms with Gasteiger partial charge in [0.15, 0.2) is 0 Å². The molecule has 3 atom stereocenters. The van der Waals surface area contributed by atoms with Gasteiger partial charge in [-0.1, -0.05) is 67.6 Å². The van der Waals surface area contributed by atoms with Crippen LogP contribution in [0, 0.1) is 5.92 Å². The Hall–Kier alpha value is -2.62. The number of hydrogen-bond acceptors (Lipinski definition) is 2. The first-order valence-corrected chi connectivity index (χ1v) is 8.17. The number of carboxylic acid groups (broad SMARTS) is 1. The van der Waals surface area contributed by atoms with Crippen LogP contribution in [-0.4, -0.2) is 17.0 Å². The molecule has 2 aromatic carbocycles. The van der Waals surface area contributed by atoms with Crippen molar-refractivity contribution in [2.75, 3.05) is 0 Å². The SMILES string of the molecule is CCC(C(=O)NC(c1ccccc1)C(C)C(=O)O)c1ccccc1. The largest absolute Gasteiger partial charge is 0.481 e. The van der Waals surface area contributed by atoms with E-state index in [4.69, 9.17) is 0 Å². The third-order valence-electron chi connectivity index (χ3n) is 4.27. The van der Waals surface area contributed by atoms with Crippen molar-refractivity contribution in [3.63, 3.8) is 0 Å². The third-order valence-corrected chi connectivity index (χ3v) is 4.27. The van der Waals surface area contributed by atoms with Gasteiger partial charge >= 0.3 is 5.97 Å². The van der Waals surface area contributed by atoms with Crippen LogP contribution in [0.1, 0.15) is 43.4 Å². The number of benzene rings is 2. The summed E-state index contributed by atoms with van der Waals surface area (Å²) in [5.74, 6) is -2.09. The highest BCUT2D eigenvalue weighted by atomic mass is 16.4. The Labute approximate surface area is 142 Å². The van der Waals surface area contributed by atoms with E-state index in [1.54, 1.807) is 6.92 Å². The Kier molecular flexibility index (Phi) is 6.13. The van der Waals surface area contributed by atoms with Gasteiger partial charge in [-0.2, -0.15) is 0 Å². The predicted octanol–water partition coefficient (Wildman–Crippen LogP) is 3.76. The molecule has 0 saturated heterocycles. The highest BCUT2D eigenvalue weighted by Crippen LogP contribution is 2.25. The standard InChI is InChI=1S/C20H23NO3/c1-3-17(15-10-6-4-7-11-15)19(22)21-18(14(2)20(23)24)16-12-8-5-9-13-16/h4-14,17-18H,3H2,1-2H3,(H,21,22)(H,23,24). The van der Waals surface area contributed by atoms with Gasteiger partial charge in [0.25, 0.3) is 0 Å². The smallest absolute Gasteiger partial charge is 0.308 e. The van der Waals surface area contributed by atoms with Gasteiger partial charge in [-0.05, 0) is 24.5 Å². The fourth-order valence-corrected chi connectivity index (χ4v) is 2.81. The molecule has 0 aliphatic carbocycles. The number of nitrogens with one attached hydrogen (secondary N) is 1. The van der Waals surface area contributed by atoms with Crippen LogP contribution in [0.25, 0.3) is 0 Å². The number of amides is 1. The summed E-state index contributed by atoms with van der Waals surface area (Å²) in [6, 6.07) is 18.2. The molecule has 4 nitrogen and oxygen atoms in total. The summed E-state index contributed by atoms with van der Waals surface area (Å²) in [5, 5.41) is 12.3. The van der Waals surface area contributed by atoms with Crippen LogP contribution in [0.5, 0.6) is 0 Å². The minimum Gasteiger partial charge on any atom is -0.481 e. The van der Waals surface area contributed by atoms with Gasteiger partial charge in [0.2, 0.25) is 5.91 Å². The summed E-state index contributed by atoms with van der Waals surface area (Å²) in [4.78, 5) is 24.2. The average Bonchev–Trinajstić information content (AvgIpc) is 2.61. The Morgan fingerprint density at radius 1 is 0.958 bits per heavy atom. The summed E-state index contributed by atoms with van der Waals surface area (Å²) in [6.07, 6.45) is 0.652. The first kappa shape index (κ1) is 17.7. The number of carbonyl (C=O) groups is 2. The molecule has 0 saturated carbocycles. The van der Waals surface area contributed by atoms with Crippen molar-refractivity contribution in [2.45, 2.75) is 32.2 Å². The molecule has 24 heavy (non-hydrogen) atoms. The molecule has 0 spiro atoms. The molecule has 3 unspecified atom stereocenters. The first-order valence-electron chi connectivity index (χ1n) is 8.17. The van der Waals surface area contributed by atoms with Crippen LogP contribution in [-0.2, 0) is 9.59 Å². The van der Waals surface area contributed by atoms with Crippen molar-refractivity contribution < 1.29 is 14.7 Å². The molecule has 126 valence electrons. The minimum absolute atomic E-state index is 0.148. The molecule has 0 aromatic heterocycles. The zero-order valence-corrected chi connectivity index (χ0v) is 14.0. The second-order valence-corrected chi connectivity index (χ2v) is 5.90. The number of aliphatic carboxylic acids is 1. The van der Waals surface area contributed by atoms with E-state index in [2.05, 4.69) is 5.32 Å². The van der Waals surface area contributed by atoms with Gasteiger partial charge in [0.1, 0.15) is 0 Å². The van der Waals surface area contributed by atoms with Gasteiger partial charge in [0.05, 0.1) is 17.9 Å². The summed E-state index contributed by atoms with van der Waals surface area (Å²) >= 11 is 0. The normalized spacial score (nSPS) is 14.4. The molecule has 0 fully saturated rings. The summed E-state index contributed by atoms with van der Waals surface area (Å²) < 4.78 is 0. The van der Waals surface area contributed by atoms with E-state index in [-0.39, 0.29) is 11.8 Å². The zero-order valence-electron chi connectivity index (χ0n) is 14.0. The van der Waals surface area contributed by atoms with Crippen LogP contribution in [0.15, 0.2) is 60.7 Å². The summed E-state index contributed by atoms with van der Waals surface area (Å²) in [5.41, 5.74) is 1.73. The van der Waals surface area contributed by atoms with Crippen molar-refractivity contribution in [3.05, 3.63) is 71.8 Å². The number of carboxylic acids is 1. The molecule has 0 radical (unpaired) electrons. The van der Waals surface area contributed by atoms with Crippen LogP contribution in [0.3, 0.4) is 0 Å². The van der Waals surface area contributed by atoms with E-state index >= 15 is 0 Å². The second kappa shape index (κ2) is 8.29. The molecule has 0 heterocycles. The van der Waals surface area contributed by atoms with Gasteiger partial charge in [-0.25, -0.2) is 0 Å². The van der Waals surface area contributed by atoms with Crippen LogP contribution in [0.2, 0.25) is 0 Å². The van der Waals surface area contributed by atoms with Gasteiger partial charge < -0.3 is 10.4 Å². The quantitative estimate of drug-likeness (QED) is 0.814. The first-order chi connectivity index (χ1) is 11.5.